The van der Waals surface area contributed by atoms with E-state index < -0.39 is 0 Å². The minimum absolute atomic E-state index is 0.385. The molecule has 0 amide bonds. The molecule has 1 saturated carbocycles. The highest BCUT2D eigenvalue weighted by Crippen LogP contribution is 2.31. The van der Waals surface area contributed by atoms with Crippen LogP contribution in [-0.2, 0) is 0 Å². The van der Waals surface area contributed by atoms with Crippen LogP contribution < -0.4 is 0 Å². The van der Waals surface area contributed by atoms with Gasteiger partial charge in [-0.2, -0.15) is 0 Å². The molecule has 0 heteroatoms. The Hall–Kier alpha value is -0.440. The number of rotatable bonds is 1. The first-order valence-corrected chi connectivity index (χ1v) is 4.54. The van der Waals surface area contributed by atoms with E-state index >= 15 is 0 Å². The topological polar surface area (TPSA) is 0 Å². The summed E-state index contributed by atoms with van der Waals surface area (Å²) in [4.78, 5) is 0. The van der Waals surface area contributed by atoms with Crippen molar-refractivity contribution in [3.8, 4) is 11.8 Å². The van der Waals surface area contributed by atoms with Gasteiger partial charge in [0.1, 0.15) is 0 Å². The van der Waals surface area contributed by atoms with Crippen molar-refractivity contribution in [2.75, 3.05) is 0 Å². The van der Waals surface area contributed by atoms with Gasteiger partial charge >= 0.3 is 0 Å². The fraction of sp³-hybridized carbons (Fsp3) is 0.818. The van der Waals surface area contributed by atoms with Gasteiger partial charge in [-0.05, 0) is 24.2 Å². The van der Waals surface area contributed by atoms with Crippen molar-refractivity contribution in [3.05, 3.63) is 0 Å². The van der Waals surface area contributed by atoms with Gasteiger partial charge in [0.15, 0.2) is 0 Å². The predicted molar refractivity (Wildman–Crippen MR) is 49.2 cm³/mol. The fourth-order valence-corrected chi connectivity index (χ4v) is 0.866. The molecule has 0 saturated heterocycles. The van der Waals surface area contributed by atoms with E-state index in [1.807, 2.05) is 0 Å². The second-order valence-electron chi connectivity index (χ2n) is 4.74. The number of hydrogen-bond acceptors (Lipinski definition) is 0. The second-order valence-corrected chi connectivity index (χ2v) is 4.74. The average molecular weight is 150 g/mol. The molecule has 1 fully saturated rings. The molecular formula is C11H18. The lowest BCUT2D eigenvalue weighted by Gasteiger charge is -2.12. The molecule has 0 unspecified atom stereocenters. The summed E-state index contributed by atoms with van der Waals surface area (Å²) in [5, 5.41) is 0. The zero-order chi connectivity index (χ0) is 8.32. The van der Waals surface area contributed by atoms with Crippen LogP contribution >= 0.6 is 0 Å². The molecule has 0 nitrogen and oxygen atoms in total. The Kier molecular flexibility index (Phi) is 2.60. The maximum absolute atomic E-state index is 3.25. The number of hydrogen-bond donors (Lipinski definition) is 0. The molecule has 0 radical (unpaired) electrons. The Morgan fingerprint density at radius 1 is 1.18 bits per heavy atom. The van der Waals surface area contributed by atoms with Crippen LogP contribution in [0, 0.1) is 23.2 Å². The van der Waals surface area contributed by atoms with Gasteiger partial charge in [-0.25, -0.2) is 0 Å². The Morgan fingerprint density at radius 2 is 1.82 bits per heavy atom. The van der Waals surface area contributed by atoms with Crippen LogP contribution in [0.5, 0.6) is 0 Å². The van der Waals surface area contributed by atoms with E-state index in [9.17, 15) is 0 Å². The van der Waals surface area contributed by atoms with Gasteiger partial charge in [-0.3, -0.25) is 0 Å². The molecule has 11 heavy (non-hydrogen) atoms. The van der Waals surface area contributed by atoms with Gasteiger partial charge in [0.25, 0.3) is 0 Å². The molecule has 0 spiro atoms. The monoisotopic (exact) mass is 150 g/mol. The molecule has 0 bridgehead atoms. The van der Waals surface area contributed by atoms with Crippen molar-refractivity contribution in [2.45, 2.75) is 46.5 Å². The third kappa shape index (κ3) is 4.90. The molecule has 0 aromatic heterocycles. The van der Waals surface area contributed by atoms with Crippen LogP contribution in [0.15, 0.2) is 0 Å². The van der Waals surface area contributed by atoms with E-state index in [-0.39, 0.29) is 0 Å². The Balaban J connectivity index is 2.11. The summed E-state index contributed by atoms with van der Waals surface area (Å²) < 4.78 is 0. The third-order valence-corrected chi connectivity index (χ3v) is 1.83. The summed E-state index contributed by atoms with van der Waals surface area (Å²) in [6, 6.07) is 0. The summed E-state index contributed by atoms with van der Waals surface area (Å²) in [7, 11) is 0. The largest absolute Gasteiger partial charge is 0.103 e. The molecule has 1 aliphatic rings. The lowest BCUT2D eigenvalue weighted by atomic mass is 9.93. The third-order valence-electron chi connectivity index (χ3n) is 1.83. The predicted octanol–water partition coefficient (Wildman–Crippen LogP) is 3.23. The Bertz CT molecular complexity index is 168. The molecular weight excluding hydrogens is 132 g/mol. The molecule has 1 rings (SSSR count). The van der Waals surface area contributed by atoms with Crippen molar-refractivity contribution in [3.63, 3.8) is 0 Å². The lowest BCUT2D eigenvalue weighted by Crippen LogP contribution is -2.01. The van der Waals surface area contributed by atoms with Gasteiger partial charge in [-0.15, -0.1) is 11.8 Å². The van der Waals surface area contributed by atoms with Crippen LogP contribution in [0.3, 0.4) is 0 Å². The zero-order valence-corrected chi connectivity index (χ0v) is 7.91. The van der Waals surface area contributed by atoms with Gasteiger partial charge in [0, 0.05) is 12.8 Å². The maximum Gasteiger partial charge on any atom is 0.0137 e. The highest BCUT2D eigenvalue weighted by Gasteiger charge is 2.19. The van der Waals surface area contributed by atoms with Crippen LogP contribution in [0.1, 0.15) is 46.5 Å². The van der Waals surface area contributed by atoms with Crippen LogP contribution in [0.25, 0.3) is 0 Å². The SMILES string of the molecule is CC(C)(C)CC#CCC1CC1. The molecule has 62 valence electrons. The minimum atomic E-state index is 0.385. The van der Waals surface area contributed by atoms with E-state index in [0.717, 1.165) is 18.8 Å². The molecule has 1 aliphatic carbocycles. The smallest absolute Gasteiger partial charge is 0.0137 e. The van der Waals surface area contributed by atoms with E-state index in [1.54, 1.807) is 0 Å². The zero-order valence-electron chi connectivity index (χ0n) is 7.91. The summed E-state index contributed by atoms with van der Waals surface area (Å²) in [6.07, 6.45) is 5.03. The first-order chi connectivity index (χ1) is 5.08. The molecule has 0 aromatic carbocycles. The van der Waals surface area contributed by atoms with Gasteiger partial charge in [0.05, 0.1) is 0 Å². The molecule has 0 atom stereocenters. The summed E-state index contributed by atoms with van der Waals surface area (Å²) >= 11 is 0. The molecule has 0 aromatic rings. The van der Waals surface area contributed by atoms with Crippen molar-refractivity contribution in [1.29, 1.82) is 0 Å². The normalized spacial score (nSPS) is 17.4. The van der Waals surface area contributed by atoms with Crippen molar-refractivity contribution >= 4 is 0 Å². The van der Waals surface area contributed by atoms with Crippen molar-refractivity contribution in [1.82, 2.24) is 0 Å². The molecule has 0 N–H and O–H groups in total. The van der Waals surface area contributed by atoms with E-state index in [1.165, 1.54) is 12.8 Å². The highest BCUT2D eigenvalue weighted by molar-refractivity contribution is 5.03. The van der Waals surface area contributed by atoms with Gasteiger partial charge in [-0.1, -0.05) is 20.8 Å². The molecule has 0 aliphatic heterocycles. The van der Waals surface area contributed by atoms with Gasteiger partial charge < -0.3 is 0 Å². The summed E-state index contributed by atoms with van der Waals surface area (Å²) in [6.45, 7) is 6.70. The second kappa shape index (κ2) is 3.30. The van der Waals surface area contributed by atoms with Crippen molar-refractivity contribution in [2.24, 2.45) is 11.3 Å². The van der Waals surface area contributed by atoms with Crippen molar-refractivity contribution < 1.29 is 0 Å². The Morgan fingerprint density at radius 3 is 2.27 bits per heavy atom. The van der Waals surface area contributed by atoms with Crippen LogP contribution in [0.2, 0.25) is 0 Å². The molecule has 0 heterocycles. The average Bonchev–Trinajstić information content (AvgIpc) is 2.60. The maximum atomic E-state index is 3.25. The highest BCUT2D eigenvalue weighted by atomic mass is 14.2. The van der Waals surface area contributed by atoms with E-state index in [0.29, 0.717) is 5.41 Å². The summed E-state index contributed by atoms with van der Waals surface area (Å²) in [5.74, 6) is 7.46. The first-order valence-electron chi connectivity index (χ1n) is 4.54. The van der Waals surface area contributed by atoms with E-state index in [2.05, 4.69) is 32.6 Å². The lowest BCUT2D eigenvalue weighted by molar-refractivity contribution is 0.427. The standard InChI is InChI=1S/C11H18/c1-11(2,3)9-5-4-6-10-7-8-10/h10H,6-9H2,1-3H3. The fourth-order valence-electron chi connectivity index (χ4n) is 0.866. The van der Waals surface area contributed by atoms with Crippen LogP contribution in [0.4, 0.5) is 0 Å². The van der Waals surface area contributed by atoms with E-state index in [4.69, 9.17) is 0 Å². The quantitative estimate of drug-likeness (QED) is 0.503. The summed E-state index contributed by atoms with van der Waals surface area (Å²) in [5.41, 5.74) is 0.385. The van der Waals surface area contributed by atoms with Crippen LogP contribution in [-0.4, -0.2) is 0 Å². The van der Waals surface area contributed by atoms with Gasteiger partial charge in [0.2, 0.25) is 0 Å². The minimum Gasteiger partial charge on any atom is -0.103 e. The first kappa shape index (κ1) is 8.65. The Labute approximate surface area is 70.4 Å².